The summed E-state index contributed by atoms with van der Waals surface area (Å²) >= 11 is 3.16. The number of hydrogen-bond acceptors (Lipinski definition) is 5. The number of nitrogens with zero attached hydrogens (tertiary/aromatic N) is 3. The number of carbonyl (C=O) groups is 1. The highest BCUT2D eigenvalue weighted by atomic mass is 32.2. The van der Waals surface area contributed by atoms with Crippen LogP contribution in [0.2, 0.25) is 0 Å². The molecule has 2 aromatic heterocycles. The molecule has 1 aliphatic rings. The van der Waals surface area contributed by atoms with Crippen LogP contribution in [0.3, 0.4) is 0 Å². The van der Waals surface area contributed by atoms with Crippen molar-refractivity contribution < 1.29 is 4.79 Å². The predicted molar refractivity (Wildman–Crippen MR) is 89.1 cm³/mol. The van der Waals surface area contributed by atoms with Crippen LogP contribution in [-0.2, 0) is 24.3 Å². The lowest BCUT2D eigenvalue weighted by Gasteiger charge is -2.12. The summed E-state index contributed by atoms with van der Waals surface area (Å²) < 4.78 is 2.18. The van der Waals surface area contributed by atoms with Gasteiger partial charge in [-0.1, -0.05) is 24.2 Å². The molecule has 5 nitrogen and oxygen atoms in total. The van der Waals surface area contributed by atoms with Crippen LogP contribution in [-0.4, -0.2) is 25.9 Å². The van der Waals surface area contributed by atoms with E-state index in [1.165, 1.54) is 29.5 Å². The molecule has 3 rings (SSSR count). The minimum absolute atomic E-state index is 0.0457. The molecule has 0 spiro atoms. The number of nitrogens with one attached hydrogen (secondary N) is 1. The number of carbonyl (C=O) groups excluding carboxylic acids is 1. The zero-order valence-corrected chi connectivity index (χ0v) is 14.3. The first-order chi connectivity index (χ1) is 10.7. The highest BCUT2D eigenvalue weighted by Gasteiger charge is 2.20. The third-order valence-electron chi connectivity index (χ3n) is 3.74. The summed E-state index contributed by atoms with van der Waals surface area (Å²) in [6, 6.07) is 4.02. The number of thiophene rings is 1. The van der Waals surface area contributed by atoms with Gasteiger partial charge in [-0.25, -0.2) is 0 Å². The molecular formula is C15H20N4OS2. The summed E-state index contributed by atoms with van der Waals surface area (Å²) in [4.78, 5) is 13.4. The molecule has 0 aromatic carbocycles. The number of amides is 1. The molecule has 3 heterocycles. The molecule has 118 valence electrons. The van der Waals surface area contributed by atoms with Crippen molar-refractivity contribution in [1.82, 2.24) is 20.1 Å². The standard InChI is InChI=1S/C15H20N4OS2/c1-11(14(20)16-10-12-6-5-9-21-12)22-15-18-17-13-7-3-2-4-8-19(13)15/h5-6,9,11H,2-4,7-8,10H2,1H3,(H,16,20)/t11-/m0/s1. The van der Waals surface area contributed by atoms with Crippen molar-refractivity contribution in [2.24, 2.45) is 0 Å². The lowest BCUT2D eigenvalue weighted by atomic mass is 10.2. The van der Waals surface area contributed by atoms with E-state index >= 15 is 0 Å². The average molecular weight is 336 g/mol. The molecular weight excluding hydrogens is 316 g/mol. The van der Waals surface area contributed by atoms with Crippen molar-refractivity contribution in [3.8, 4) is 0 Å². The Morgan fingerprint density at radius 1 is 1.45 bits per heavy atom. The molecule has 1 atom stereocenters. The van der Waals surface area contributed by atoms with Crippen LogP contribution < -0.4 is 5.32 Å². The summed E-state index contributed by atoms with van der Waals surface area (Å²) in [7, 11) is 0. The van der Waals surface area contributed by atoms with Crippen LogP contribution in [0.5, 0.6) is 0 Å². The highest BCUT2D eigenvalue weighted by Crippen LogP contribution is 2.25. The van der Waals surface area contributed by atoms with Gasteiger partial charge in [0.25, 0.3) is 0 Å². The van der Waals surface area contributed by atoms with Gasteiger partial charge < -0.3 is 9.88 Å². The van der Waals surface area contributed by atoms with Crippen molar-refractivity contribution in [3.05, 3.63) is 28.2 Å². The molecule has 0 bridgehead atoms. The van der Waals surface area contributed by atoms with Crippen LogP contribution in [0.15, 0.2) is 22.7 Å². The van der Waals surface area contributed by atoms with E-state index < -0.39 is 0 Å². The van der Waals surface area contributed by atoms with E-state index in [1.807, 2.05) is 24.4 Å². The van der Waals surface area contributed by atoms with Crippen molar-refractivity contribution in [1.29, 1.82) is 0 Å². The van der Waals surface area contributed by atoms with Crippen molar-refractivity contribution in [2.45, 2.75) is 56.1 Å². The first-order valence-electron chi connectivity index (χ1n) is 7.63. The number of hydrogen-bond donors (Lipinski definition) is 1. The van der Waals surface area contributed by atoms with E-state index in [2.05, 4.69) is 20.1 Å². The predicted octanol–water partition coefficient (Wildman–Crippen LogP) is 2.86. The first kappa shape index (κ1) is 15.6. The van der Waals surface area contributed by atoms with Gasteiger partial charge in [-0.05, 0) is 31.2 Å². The van der Waals surface area contributed by atoms with Gasteiger partial charge >= 0.3 is 0 Å². The largest absolute Gasteiger partial charge is 0.350 e. The summed E-state index contributed by atoms with van der Waals surface area (Å²) in [6.07, 6.45) is 4.58. The Labute approximate surface area is 138 Å². The molecule has 22 heavy (non-hydrogen) atoms. The quantitative estimate of drug-likeness (QED) is 0.853. The van der Waals surface area contributed by atoms with Gasteiger partial charge in [0.15, 0.2) is 5.16 Å². The van der Waals surface area contributed by atoms with E-state index in [1.54, 1.807) is 11.3 Å². The molecule has 0 unspecified atom stereocenters. The smallest absolute Gasteiger partial charge is 0.233 e. The van der Waals surface area contributed by atoms with E-state index in [-0.39, 0.29) is 11.2 Å². The molecule has 1 aliphatic heterocycles. The summed E-state index contributed by atoms with van der Waals surface area (Å²) in [5, 5.41) is 14.3. The van der Waals surface area contributed by atoms with E-state index in [0.29, 0.717) is 6.54 Å². The molecule has 0 aliphatic carbocycles. The van der Waals surface area contributed by atoms with E-state index in [0.717, 1.165) is 30.4 Å². The lowest BCUT2D eigenvalue weighted by molar-refractivity contribution is -0.120. The normalized spacial score (nSPS) is 15.9. The summed E-state index contributed by atoms with van der Waals surface area (Å²) in [6.45, 7) is 3.49. The fourth-order valence-corrected chi connectivity index (χ4v) is 4.05. The maximum absolute atomic E-state index is 12.2. The topological polar surface area (TPSA) is 59.8 Å². The fraction of sp³-hybridized carbons (Fsp3) is 0.533. The minimum Gasteiger partial charge on any atom is -0.350 e. The Kier molecular flexibility index (Phi) is 5.15. The maximum atomic E-state index is 12.2. The third kappa shape index (κ3) is 3.70. The van der Waals surface area contributed by atoms with Crippen LogP contribution >= 0.6 is 23.1 Å². The molecule has 1 N–H and O–H groups in total. The zero-order valence-electron chi connectivity index (χ0n) is 12.6. The van der Waals surface area contributed by atoms with Gasteiger partial charge in [0.2, 0.25) is 5.91 Å². The van der Waals surface area contributed by atoms with Crippen LogP contribution in [0.25, 0.3) is 0 Å². The van der Waals surface area contributed by atoms with Gasteiger partial charge in [0.05, 0.1) is 11.8 Å². The number of fused-ring (bicyclic) bond motifs is 1. The molecule has 0 saturated heterocycles. The van der Waals surface area contributed by atoms with Crippen LogP contribution in [0, 0.1) is 0 Å². The third-order valence-corrected chi connectivity index (χ3v) is 5.70. The number of aromatic nitrogens is 3. The molecule has 0 saturated carbocycles. The Hall–Kier alpha value is -1.34. The minimum atomic E-state index is -0.170. The summed E-state index contributed by atoms with van der Waals surface area (Å²) in [5.41, 5.74) is 0. The Bertz CT molecular complexity index is 624. The summed E-state index contributed by atoms with van der Waals surface area (Å²) in [5.74, 6) is 1.11. The molecule has 1 amide bonds. The average Bonchev–Trinajstić information content (AvgIpc) is 3.10. The Balaban J connectivity index is 1.58. The van der Waals surface area contributed by atoms with Gasteiger partial charge in [-0.2, -0.15) is 0 Å². The van der Waals surface area contributed by atoms with E-state index in [4.69, 9.17) is 0 Å². The second-order valence-electron chi connectivity index (χ2n) is 5.42. The van der Waals surface area contributed by atoms with Crippen LogP contribution in [0.4, 0.5) is 0 Å². The number of rotatable bonds is 5. The fourth-order valence-electron chi connectivity index (χ4n) is 2.49. The Morgan fingerprint density at radius 2 is 2.36 bits per heavy atom. The molecule has 7 heteroatoms. The number of thioether (sulfide) groups is 1. The molecule has 0 radical (unpaired) electrons. The maximum Gasteiger partial charge on any atom is 0.233 e. The molecule has 2 aromatic rings. The monoisotopic (exact) mass is 336 g/mol. The van der Waals surface area contributed by atoms with E-state index in [9.17, 15) is 4.79 Å². The molecule has 0 fully saturated rings. The van der Waals surface area contributed by atoms with Gasteiger partial charge in [-0.3, -0.25) is 4.79 Å². The highest BCUT2D eigenvalue weighted by molar-refractivity contribution is 8.00. The van der Waals surface area contributed by atoms with Gasteiger partial charge in [0.1, 0.15) is 5.82 Å². The van der Waals surface area contributed by atoms with Gasteiger partial charge in [0, 0.05) is 17.8 Å². The first-order valence-corrected chi connectivity index (χ1v) is 9.39. The van der Waals surface area contributed by atoms with Crippen molar-refractivity contribution in [3.63, 3.8) is 0 Å². The van der Waals surface area contributed by atoms with Crippen molar-refractivity contribution >= 4 is 29.0 Å². The Morgan fingerprint density at radius 3 is 3.18 bits per heavy atom. The van der Waals surface area contributed by atoms with Crippen LogP contribution in [0.1, 0.15) is 36.9 Å². The second kappa shape index (κ2) is 7.28. The zero-order chi connectivity index (χ0) is 15.4. The lowest BCUT2D eigenvalue weighted by Crippen LogP contribution is -2.30. The number of aryl methyl sites for hydroxylation is 1. The van der Waals surface area contributed by atoms with Crippen molar-refractivity contribution in [2.75, 3.05) is 0 Å². The second-order valence-corrected chi connectivity index (χ2v) is 7.76. The van der Waals surface area contributed by atoms with Gasteiger partial charge in [-0.15, -0.1) is 21.5 Å². The SMILES string of the molecule is C[C@H](Sc1nnc2n1CCCCC2)C(=O)NCc1cccs1.